The molecule has 1 aromatic carbocycles. The molecule has 8 heteroatoms. The molecule has 0 saturated carbocycles. The highest BCUT2D eigenvalue weighted by Gasteiger charge is 2.17. The molecule has 0 aromatic heterocycles. The van der Waals surface area contributed by atoms with Crippen molar-refractivity contribution in [1.29, 1.82) is 0 Å². The van der Waals surface area contributed by atoms with Crippen molar-refractivity contribution < 1.29 is 23.6 Å². The molecule has 1 atom stereocenters. The van der Waals surface area contributed by atoms with E-state index in [9.17, 15) is 19.3 Å². The number of nitrogens with two attached hydrogens (primary N) is 1. The van der Waals surface area contributed by atoms with E-state index in [1.807, 2.05) is 0 Å². The molecule has 0 heterocycles. The van der Waals surface area contributed by atoms with Crippen molar-refractivity contribution >= 4 is 11.7 Å². The van der Waals surface area contributed by atoms with E-state index >= 15 is 0 Å². The first-order valence-corrected chi connectivity index (χ1v) is 4.86. The highest BCUT2D eigenvalue weighted by Crippen LogP contribution is 2.22. The highest BCUT2D eigenvalue weighted by atomic mass is 19.1. The molecule has 0 amide bonds. The highest BCUT2D eigenvalue weighted by molar-refractivity contribution is 5.75. The van der Waals surface area contributed by atoms with Gasteiger partial charge in [-0.1, -0.05) is 0 Å². The molecule has 0 radical (unpaired) electrons. The van der Waals surface area contributed by atoms with Crippen LogP contribution in [0.3, 0.4) is 0 Å². The van der Waals surface area contributed by atoms with Gasteiger partial charge in [-0.25, -0.2) is 4.39 Å². The third-order valence-corrected chi connectivity index (χ3v) is 2.05. The van der Waals surface area contributed by atoms with Gasteiger partial charge in [0.05, 0.1) is 18.1 Å². The molecule has 0 aliphatic heterocycles. The fraction of sp³-hybridized carbons (Fsp3) is 0.300. The summed E-state index contributed by atoms with van der Waals surface area (Å²) in [6.07, 6.45) is 0. The summed E-state index contributed by atoms with van der Waals surface area (Å²) in [7, 11) is 1.16. The SMILES string of the molecule is COC(=O)C(N)COc1ccc([N+](=O)[O-])cc1F. The van der Waals surface area contributed by atoms with Gasteiger partial charge in [-0.3, -0.25) is 14.9 Å². The molecule has 0 saturated heterocycles. The fourth-order valence-corrected chi connectivity index (χ4v) is 1.12. The van der Waals surface area contributed by atoms with Crippen LogP contribution in [0.15, 0.2) is 18.2 Å². The number of methoxy groups -OCH3 is 1. The van der Waals surface area contributed by atoms with Crippen LogP contribution < -0.4 is 10.5 Å². The maximum absolute atomic E-state index is 13.4. The van der Waals surface area contributed by atoms with Crippen LogP contribution in [-0.4, -0.2) is 30.7 Å². The standard InChI is InChI=1S/C10H11FN2O5/c1-17-10(14)8(12)5-18-9-3-2-6(13(15)16)4-7(9)11/h2-4,8H,5,12H2,1H3. The molecule has 98 valence electrons. The first-order chi connectivity index (χ1) is 8.45. The van der Waals surface area contributed by atoms with Crippen LogP contribution in [-0.2, 0) is 9.53 Å². The maximum Gasteiger partial charge on any atom is 0.326 e. The van der Waals surface area contributed by atoms with Gasteiger partial charge in [-0.05, 0) is 6.07 Å². The third kappa shape index (κ3) is 3.39. The van der Waals surface area contributed by atoms with Gasteiger partial charge < -0.3 is 15.2 Å². The fourth-order valence-electron chi connectivity index (χ4n) is 1.12. The lowest BCUT2D eigenvalue weighted by Gasteiger charge is -2.11. The van der Waals surface area contributed by atoms with E-state index in [-0.39, 0.29) is 12.4 Å². The molecule has 2 N–H and O–H groups in total. The van der Waals surface area contributed by atoms with Crippen molar-refractivity contribution in [3.05, 3.63) is 34.1 Å². The molecular weight excluding hydrogens is 247 g/mol. The van der Waals surface area contributed by atoms with E-state index in [4.69, 9.17) is 10.5 Å². The van der Waals surface area contributed by atoms with Crippen molar-refractivity contribution in [2.45, 2.75) is 6.04 Å². The van der Waals surface area contributed by atoms with Crippen LogP contribution in [0.1, 0.15) is 0 Å². The van der Waals surface area contributed by atoms with Crippen LogP contribution in [0.4, 0.5) is 10.1 Å². The van der Waals surface area contributed by atoms with E-state index in [1.165, 1.54) is 0 Å². The molecule has 0 fully saturated rings. The summed E-state index contributed by atoms with van der Waals surface area (Å²) in [6, 6.07) is 1.85. The first kappa shape index (κ1) is 13.8. The summed E-state index contributed by atoms with van der Waals surface area (Å²) in [5.41, 5.74) is 4.98. The number of esters is 1. The monoisotopic (exact) mass is 258 g/mol. The Morgan fingerprint density at radius 3 is 2.78 bits per heavy atom. The quantitative estimate of drug-likeness (QED) is 0.471. The molecule has 1 unspecified atom stereocenters. The topological polar surface area (TPSA) is 105 Å². The number of hydrogen-bond donors (Lipinski definition) is 1. The number of carbonyl (C=O) groups is 1. The predicted octanol–water partition coefficient (Wildman–Crippen LogP) is 0.613. The zero-order valence-corrected chi connectivity index (χ0v) is 9.46. The van der Waals surface area contributed by atoms with E-state index < -0.39 is 28.4 Å². The second kappa shape index (κ2) is 5.92. The van der Waals surface area contributed by atoms with E-state index in [0.29, 0.717) is 0 Å². The third-order valence-electron chi connectivity index (χ3n) is 2.05. The molecular formula is C10H11FN2O5. The lowest BCUT2D eigenvalue weighted by Crippen LogP contribution is -2.37. The smallest absolute Gasteiger partial charge is 0.326 e. The van der Waals surface area contributed by atoms with Gasteiger partial charge in [0.25, 0.3) is 5.69 Å². The van der Waals surface area contributed by atoms with Crippen LogP contribution in [0.25, 0.3) is 0 Å². The second-order valence-electron chi connectivity index (χ2n) is 3.31. The van der Waals surface area contributed by atoms with Crippen LogP contribution in [0.2, 0.25) is 0 Å². The lowest BCUT2D eigenvalue weighted by molar-refractivity contribution is -0.385. The molecule has 0 spiro atoms. The number of halogens is 1. The summed E-state index contributed by atoms with van der Waals surface area (Å²) in [5.74, 6) is -1.82. The van der Waals surface area contributed by atoms with Crippen LogP contribution >= 0.6 is 0 Å². The van der Waals surface area contributed by atoms with Crippen LogP contribution in [0, 0.1) is 15.9 Å². The number of ether oxygens (including phenoxy) is 2. The van der Waals surface area contributed by atoms with Gasteiger partial charge >= 0.3 is 5.97 Å². The van der Waals surface area contributed by atoms with Crippen molar-refractivity contribution in [2.24, 2.45) is 5.73 Å². The van der Waals surface area contributed by atoms with Gasteiger partial charge in [0.1, 0.15) is 12.6 Å². The number of nitrogens with zero attached hydrogens (tertiary/aromatic N) is 1. The largest absolute Gasteiger partial charge is 0.488 e. The Balaban J connectivity index is 2.69. The number of carbonyl (C=O) groups excluding carboxylic acids is 1. The zero-order chi connectivity index (χ0) is 13.7. The lowest BCUT2D eigenvalue weighted by atomic mass is 10.3. The summed E-state index contributed by atoms with van der Waals surface area (Å²) in [4.78, 5) is 20.6. The van der Waals surface area contributed by atoms with E-state index in [1.54, 1.807) is 0 Å². The van der Waals surface area contributed by atoms with Gasteiger partial charge in [-0.15, -0.1) is 0 Å². The molecule has 0 aliphatic carbocycles. The summed E-state index contributed by atoms with van der Waals surface area (Å²) < 4.78 is 22.6. The molecule has 1 aromatic rings. The number of rotatable bonds is 5. The number of nitro benzene ring substituents is 1. The number of hydrogen-bond acceptors (Lipinski definition) is 6. The van der Waals surface area contributed by atoms with Gasteiger partial charge in [0.2, 0.25) is 0 Å². The number of benzene rings is 1. The molecule has 18 heavy (non-hydrogen) atoms. The Bertz CT molecular complexity index is 466. The number of non-ortho nitro benzene ring substituents is 1. The van der Waals surface area contributed by atoms with Crippen molar-refractivity contribution in [1.82, 2.24) is 0 Å². The number of nitro groups is 1. The summed E-state index contributed by atoms with van der Waals surface area (Å²) >= 11 is 0. The van der Waals surface area contributed by atoms with Crippen molar-refractivity contribution in [3.8, 4) is 5.75 Å². The average Bonchev–Trinajstić information content (AvgIpc) is 2.35. The first-order valence-electron chi connectivity index (χ1n) is 4.86. The molecule has 0 bridgehead atoms. The predicted molar refractivity (Wildman–Crippen MR) is 58.5 cm³/mol. The summed E-state index contributed by atoms with van der Waals surface area (Å²) in [6.45, 7) is -0.290. The molecule has 1 rings (SSSR count). The van der Waals surface area contributed by atoms with E-state index in [0.717, 1.165) is 25.3 Å². The van der Waals surface area contributed by atoms with Gasteiger partial charge in [0.15, 0.2) is 11.6 Å². The van der Waals surface area contributed by atoms with Crippen molar-refractivity contribution in [2.75, 3.05) is 13.7 Å². The Morgan fingerprint density at radius 2 is 2.28 bits per heavy atom. The minimum absolute atomic E-state index is 0.222. The van der Waals surface area contributed by atoms with E-state index in [2.05, 4.69) is 4.74 Å². The maximum atomic E-state index is 13.4. The Morgan fingerprint density at radius 1 is 1.61 bits per heavy atom. The second-order valence-corrected chi connectivity index (χ2v) is 3.31. The van der Waals surface area contributed by atoms with Gasteiger partial charge in [-0.2, -0.15) is 0 Å². The van der Waals surface area contributed by atoms with Crippen molar-refractivity contribution in [3.63, 3.8) is 0 Å². The Labute approximate surface area is 101 Å². The minimum Gasteiger partial charge on any atom is -0.488 e. The van der Waals surface area contributed by atoms with Gasteiger partial charge in [0, 0.05) is 6.07 Å². The molecule has 7 nitrogen and oxygen atoms in total. The van der Waals surface area contributed by atoms with Crippen LogP contribution in [0.5, 0.6) is 5.75 Å². The Kier molecular flexibility index (Phi) is 4.55. The average molecular weight is 258 g/mol. The Hall–Kier alpha value is -2.22. The summed E-state index contributed by atoms with van der Waals surface area (Å²) in [5, 5.41) is 10.4. The normalized spacial score (nSPS) is 11.7. The minimum atomic E-state index is -1.05. The zero-order valence-electron chi connectivity index (χ0n) is 9.46. The molecule has 0 aliphatic rings.